The maximum atomic E-state index is 5.44. The van der Waals surface area contributed by atoms with Crippen LogP contribution < -0.4 is 5.32 Å². The Balaban J connectivity index is 1.91. The van der Waals surface area contributed by atoms with E-state index in [1.807, 2.05) is 0 Å². The Morgan fingerprint density at radius 1 is 1.35 bits per heavy atom. The highest BCUT2D eigenvalue weighted by Gasteiger charge is 2.28. The van der Waals surface area contributed by atoms with Crippen LogP contribution in [0.15, 0.2) is 0 Å². The molecule has 2 rings (SSSR count). The van der Waals surface area contributed by atoms with Gasteiger partial charge in [-0.1, -0.05) is 0 Å². The highest BCUT2D eigenvalue weighted by atomic mass is 32.1. The molecule has 0 radical (unpaired) electrons. The van der Waals surface area contributed by atoms with E-state index in [2.05, 4.69) is 49.8 Å². The van der Waals surface area contributed by atoms with Gasteiger partial charge in [0.1, 0.15) is 0 Å². The zero-order valence-electron chi connectivity index (χ0n) is 13.3. The number of ether oxygens (including phenoxy) is 1. The number of nitrogens with one attached hydrogen (secondary N) is 1. The molecule has 5 heteroatoms. The first kappa shape index (κ1) is 15.9. The molecule has 0 aromatic carbocycles. The Bertz CT molecular complexity index is 438. The molecule has 1 saturated heterocycles. The number of aryl methyl sites for hydroxylation is 2. The summed E-state index contributed by atoms with van der Waals surface area (Å²) in [5.74, 6) is 0. The van der Waals surface area contributed by atoms with Gasteiger partial charge in [-0.05, 0) is 34.6 Å². The number of morpholine rings is 1. The van der Waals surface area contributed by atoms with Crippen molar-refractivity contribution in [1.82, 2.24) is 15.2 Å². The molecule has 1 fully saturated rings. The summed E-state index contributed by atoms with van der Waals surface area (Å²) < 4.78 is 5.44. The third kappa shape index (κ3) is 3.79. The van der Waals surface area contributed by atoms with Crippen molar-refractivity contribution in [3.05, 3.63) is 15.6 Å². The fourth-order valence-electron chi connectivity index (χ4n) is 2.72. The molecule has 2 heterocycles. The second-order valence-corrected chi connectivity index (χ2v) is 7.43. The summed E-state index contributed by atoms with van der Waals surface area (Å²) in [6.45, 7) is 15.8. The van der Waals surface area contributed by atoms with Crippen LogP contribution in [-0.2, 0) is 4.74 Å². The van der Waals surface area contributed by atoms with Crippen molar-refractivity contribution in [3.63, 3.8) is 0 Å². The summed E-state index contributed by atoms with van der Waals surface area (Å²) in [6.07, 6.45) is 0. The van der Waals surface area contributed by atoms with E-state index in [1.54, 1.807) is 11.3 Å². The molecule has 0 bridgehead atoms. The number of hydrogen-bond acceptors (Lipinski definition) is 5. The Kier molecular flexibility index (Phi) is 5.18. The lowest BCUT2D eigenvalue weighted by molar-refractivity contribution is -0.0102. The van der Waals surface area contributed by atoms with Crippen molar-refractivity contribution in [3.8, 4) is 0 Å². The van der Waals surface area contributed by atoms with Crippen LogP contribution in [0, 0.1) is 13.8 Å². The molecule has 1 atom stereocenters. The zero-order chi connectivity index (χ0) is 14.8. The highest BCUT2D eigenvalue weighted by molar-refractivity contribution is 7.11. The van der Waals surface area contributed by atoms with Crippen LogP contribution in [0.2, 0.25) is 0 Å². The quantitative estimate of drug-likeness (QED) is 0.906. The lowest BCUT2D eigenvalue weighted by Gasteiger charge is -2.41. The topological polar surface area (TPSA) is 37.4 Å². The summed E-state index contributed by atoms with van der Waals surface area (Å²) >= 11 is 1.80. The molecule has 0 aliphatic carbocycles. The van der Waals surface area contributed by atoms with Gasteiger partial charge in [-0.25, -0.2) is 4.98 Å². The highest BCUT2D eigenvalue weighted by Crippen LogP contribution is 2.25. The molecule has 0 spiro atoms. The number of aromatic nitrogens is 1. The fourth-order valence-corrected chi connectivity index (χ4v) is 3.68. The van der Waals surface area contributed by atoms with Gasteiger partial charge in [0.15, 0.2) is 0 Å². The van der Waals surface area contributed by atoms with E-state index in [0.29, 0.717) is 6.04 Å². The Labute approximate surface area is 126 Å². The summed E-state index contributed by atoms with van der Waals surface area (Å²) in [5, 5.41) is 4.83. The standard InChI is InChI=1S/C15H27N3OS/c1-11(14-12(2)17-13(3)20-14)16-10-15(4,5)18-6-8-19-9-7-18/h11,16H,6-10H2,1-5H3. The smallest absolute Gasteiger partial charge is 0.0900 e. The fraction of sp³-hybridized carbons (Fsp3) is 0.800. The Morgan fingerprint density at radius 2 is 2.00 bits per heavy atom. The van der Waals surface area contributed by atoms with Gasteiger partial charge in [0.05, 0.1) is 23.9 Å². The second-order valence-electron chi connectivity index (χ2n) is 6.20. The van der Waals surface area contributed by atoms with Crippen LogP contribution in [0.1, 0.15) is 42.4 Å². The van der Waals surface area contributed by atoms with Crippen LogP contribution in [0.4, 0.5) is 0 Å². The first-order chi connectivity index (χ1) is 9.40. The molecule has 1 aliphatic rings. The largest absolute Gasteiger partial charge is 0.379 e. The van der Waals surface area contributed by atoms with Crippen molar-refractivity contribution >= 4 is 11.3 Å². The molecular weight excluding hydrogens is 270 g/mol. The molecule has 4 nitrogen and oxygen atoms in total. The van der Waals surface area contributed by atoms with Gasteiger partial charge in [0.25, 0.3) is 0 Å². The monoisotopic (exact) mass is 297 g/mol. The number of rotatable bonds is 5. The predicted octanol–water partition coefficient (Wildman–Crippen LogP) is 2.52. The van der Waals surface area contributed by atoms with E-state index in [0.717, 1.165) is 43.5 Å². The van der Waals surface area contributed by atoms with E-state index in [9.17, 15) is 0 Å². The van der Waals surface area contributed by atoms with Gasteiger partial charge >= 0.3 is 0 Å². The first-order valence-corrected chi connectivity index (χ1v) is 8.22. The molecule has 1 aromatic heterocycles. The lowest BCUT2D eigenvalue weighted by atomic mass is 10.0. The van der Waals surface area contributed by atoms with E-state index in [-0.39, 0.29) is 5.54 Å². The van der Waals surface area contributed by atoms with E-state index in [4.69, 9.17) is 4.74 Å². The molecule has 0 saturated carbocycles. The van der Waals surface area contributed by atoms with Crippen molar-refractivity contribution in [2.24, 2.45) is 0 Å². The predicted molar refractivity (Wildman–Crippen MR) is 84.5 cm³/mol. The second kappa shape index (κ2) is 6.52. The van der Waals surface area contributed by atoms with Crippen LogP contribution in [-0.4, -0.2) is 48.3 Å². The van der Waals surface area contributed by atoms with Crippen molar-refractivity contribution < 1.29 is 4.74 Å². The Morgan fingerprint density at radius 3 is 2.55 bits per heavy atom. The zero-order valence-corrected chi connectivity index (χ0v) is 14.1. The summed E-state index contributed by atoms with van der Waals surface area (Å²) in [6, 6.07) is 0.363. The van der Waals surface area contributed by atoms with Crippen LogP contribution >= 0.6 is 11.3 Å². The first-order valence-electron chi connectivity index (χ1n) is 7.40. The number of hydrogen-bond donors (Lipinski definition) is 1. The van der Waals surface area contributed by atoms with E-state index < -0.39 is 0 Å². The maximum Gasteiger partial charge on any atom is 0.0900 e. The summed E-state index contributed by atoms with van der Waals surface area (Å²) in [5.41, 5.74) is 1.32. The van der Waals surface area contributed by atoms with Crippen LogP contribution in [0.3, 0.4) is 0 Å². The van der Waals surface area contributed by atoms with Gasteiger partial charge in [-0.2, -0.15) is 0 Å². The molecule has 0 amide bonds. The van der Waals surface area contributed by atoms with Gasteiger partial charge < -0.3 is 10.1 Å². The van der Waals surface area contributed by atoms with Gasteiger partial charge in [-0.3, -0.25) is 4.90 Å². The number of thiazole rings is 1. The third-order valence-electron chi connectivity index (χ3n) is 4.04. The minimum absolute atomic E-state index is 0.158. The van der Waals surface area contributed by atoms with E-state index in [1.165, 1.54) is 4.88 Å². The average Bonchev–Trinajstić information content (AvgIpc) is 2.76. The SMILES string of the molecule is Cc1nc(C)c(C(C)NCC(C)(C)N2CCOCC2)s1. The summed E-state index contributed by atoms with van der Waals surface area (Å²) in [7, 11) is 0. The minimum Gasteiger partial charge on any atom is -0.379 e. The van der Waals surface area contributed by atoms with Crippen molar-refractivity contribution in [1.29, 1.82) is 0 Å². The average molecular weight is 297 g/mol. The van der Waals surface area contributed by atoms with Gasteiger partial charge in [-0.15, -0.1) is 11.3 Å². The van der Waals surface area contributed by atoms with Crippen LogP contribution in [0.25, 0.3) is 0 Å². The van der Waals surface area contributed by atoms with E-state index >= 15 is 0 Å². The van der Waals surface area contributed by atoms with Gasteiger partial charge in [0, 0.05) is 36.1 Å². The lowest BCUT2D eigenvalue weighted by Crippen LogP contribution is -2.54. The molecule has 114 valence electrons. The number of nitrogens with zero attached hydrogens (tertiary/aromatic N) is 2. The minimum atomic E-state index is 0.158. The van der Waals surface area contributed by atoms with Crippen LogP contribution in [0.5, 0.6) is 0 Å². The van der Waals surface area contributed by atoms with Crippen molar-refractivity contribution in [2.75, 3.05) is 32.8 Å². The normalized spacial score (nSPS) is 19.2. The molecule has 1 aromatic rings. The summed E-state index contributed by atoms with van der Waals surface area (Å²) in [4.78, 5) is 8.39. The molecule has 1 aliphatic heterocycles. The Hall–Kier alpha value is -0.490. The molecule has 20 heavy (non-hydrogen) atoms. The maximum absolute atomic E-state index is 5.44. The molecular formula is C15H27N3OS. The molecule has 1 N–H and O–H groups in total. The molecule has 1 unspecified atom stereocenters. The van der Waals surface area contributed by atoms with Gasteiger partial charge in [0.2, 0.25) is 0 Å². The van der Waals surface area contributed by atoms with Crippen molar-refractivity contribution in [2.45, 2.75) is 46.2 Å². The third-order valence-corrected chi connectivity index (χ3v) is 5.30.